The van der Waals surface area contributed by atoms with Gasteiger partial charge in [-0.2, -0.15) is 0 Å². The number of para-hydroxylation sites is 1. The van der Waals surface area contributed by atoms with Gasteiger partial charge in [-0.1, -0.05) is 32.0 Å². The van der Waals surface area contributed by atoms with Crippen molar-refractivity contribution >= 4 is 17.5 Å². The summed E-state index contributed by atoms with van der Waals surface area (Å²) in [6.45, 7) is 6.80. The fourth-order valence-electron chi connectivity index (χ4n) is 2.10. The number of hydrogen-bond acceptors (Lipinski definition) is 2. The first-order valence-corrected chi connectivity index (χ1v) is 7.21. The van der Waals surface area contributed by atoms with E-state index in [0.29, 0.717) is 19.5 Å². The summed E-state index contributed by atoms with van der Waals surface area (Å²) in [5.41, 5.74) is 1.99. The number of anilines is 1. The lowest BCUT2D eigenvalue weighted by molar-refractivity contribution is -0.129. The lowest BCUT2D eigenvalue weighted by atomic mass is 10.1. The Morgan fingerprint density at radius 2 is 1.85 bits per heavy atom. The Morgan fingerprint density at radius 1 is 1.15 bits per heavy atom. The van der Waals surface area contributed by atoms with Crippen molar-refractivity contribution < 1.29 is 9.59 Å². The number of nitrogens with zero attached hydrogens (tertiary/aromatic N) is 1. The molecule has 0 spiro atoms. The van der Waals surface area contributed by atoms with Crippen LogP contribution in [0.3, 0.4) is 0 Å². The molecule has 1 rings (SSSR count). The quantitative estimate of drug-likeness (QED) is 0.832. The first kappa shape index (κ1) is 16.2. The minimum Gasteiger partial charge on any atom is -0.342 e. The van der Waals surface area contributed by atoms with Gasteiger partial charge in [0.2, 0.25) is 11.8 Å². The summed E-state index contributed by atoms with van der Waals surface area (Å²) in [5.74, 6) is -0.0261. The smallest absolute Gasteiger partial charge is 0.226 e. The third kappa shape index (κ3) is 5.03. The molecule has 0 aliphatic heterocycles. The van der Waals surface area contributed by atoms with Gasteiger partial charge in [0.15, 0.2) is 0 Å². The lowest BCUT2D eigenvalue weighted by Gasteiger charge is -2.20. The summed E-state index contributed by atoms with van der Waals surface area (Å²) in [4.78, 5) is 25.1. The van der Waals surface area contributed by atoms with Crippen LogP contribution in [0.4, 0.5) is 5.69 Å². The molecule has 4 nitrogen and oxygen atoms in total. The van der Waals surface area contributed by atoms with Gasteiger partial charge in [-0.05, 0) is 24.5 Å². The Balaban J connectivity index is 2.53. The van der Waals surface area contributed by atoms with Crippen LogP contribution in [-0.4, -0.2) is 29.8 Å². The molecule has 0 atom stereocenters. The molecule has 1 N–H and O–H groups in total. The maximum atomic E-state index is 12.0. The van der Waals surface area contributed by atoms with Gasteiger partial charge in [0.05, 0.1) is 0 Å². The Hall–Kier alpha value is -1.84. The predicted molar refractivity (Wildman–Crippen MR) is 81.6 cm³/mol. The molecule has 0 aliphatic rings. The van der Waals surface area contributed by atoms with E-state index in [9.17, 15) is 9.59 Å². The molecule has 0 aromatic heterocycles. The minimum absolute atomic E-state index is 0.0219. The fraction of sp³-hybridized carbons (Fsp3) is 0.500. The topological polar surface area (TPSA) is 49.4 Å². The van der Waals surface area contributed by atoms with E-state index in [1.54, 1.807) is 11.8 Å². The lowest BCUT2D eigenvalue weighted by Crippen LogP contribution is -2.32. The molecule has 0 saturated carbocycles. The molecule has 110 valence electrons. The zero-order valence-electron chi connectivity index (χ0n) is 12.6. The van der Waals surface area contributed by atoms with Crippen LogP contribution in [-0.2, 0) is 16.0 Å². The highest BCUT2D eigenvalue weighted by Gasteiger charge is 2.11. The maximum absolute atomic E-state index is 12.0. The van der Waals surface area contributed by atoms with E-state index in [-0.39, 0.29) is 11.8 Å². The molecule has 0 aliphatic carbocycles. The Labute approximate surface area is 121 Å². The van der Waals surface area contributed by atoms with Crippen molar-refractivity contribution in [1.29, 1.82) is 0 Å². The second-order valence-electron chi connectivity index (χ2n) is 4.81. The van der Waals surface area contributed by atoms with Crippen molar-refractivity contribution in [2.45, 2.75) is 40.0 Å². The van der Waals surface area contributed by atoms with Crippen molar-refractivity contribution in [2.75, 3.05) is 18.4 Å². The van der Waals surface area contributed by atoms with Crippen LogP contribution < -0.4 is 5.32 Å². The average Bonchev–Trinajstić information content (AvgIpc) is 2.43. The molecule has 0 unspecified atom stereocenters. The van der Waals surface area contributed by atoms with Crippen molar-refractivity contribution in [3.05, 3.63) is 29.8 Å². The Bertz CT molecular complexity index is 458. The third-order valence-electron chi connectivity index (χ3n) is 3.22. The molecule has 0 bridgehead atoms. The molecule has 0 heterocycles. The van der Waals surface area contributed by atoms with Gasteiger partial charge in [-0.3, -0.25) is 9.59 Å². The summed E-state index contributed by atoms with van der Waals surface area (Å²) < 4.78 is 0. The Morgan fingerprint density at radius 3 is 2.45 bits per heavy atom. The molecule has 2 amide bonds. The number of nitrogens with one attached hydrogen (secondary N) is 1. The highest BCUT2D eigenvalue weighted by atomic mass is 16.2. The van der Waals surface area contributed by atoms with Crippen molar-refractivity contribution in [3.8, 4) is 0 Å². The van der Waals surface area contributed by atoms with Gasteiger partial charge < -0.3 is 10.2 Å². The summed E-state index contributed by atoms with van der Waals surface area (Å²) >= 11 is 0. The second-order valence-corrected chi connectivity index (χ2v) is 4.81. The van der Waals surface area contributed by atoms with Crippen LogP contribution in [0, 0.1) is 0 Å². The monoisotopic (exact) mass is 276 g/mol. The summed E-state index contributed by atoms with van der Waals surface area (Å²) in [5, 5.41) is 2.92. The van der Waals surface area contributed by atoms with Crippen molar-refractivity contribution in [1.82, 2.24) is 4.90 Å². The molecule has 0 saturated heterocycles. The zero-order valence-corrected chi connectivity index (χ0v) is 12.6. The van der Waals surface area contributed by atoms with Crippen LogP contribution >= 0.6 is 0 Å². The molecular weight excluding hydrogens is 252 g/mol. The number of hydrogen-bond donors (Lipinski definition) is 1. The van der Waals surface area contributed by atoms with E-state index in [1.165, 1.54) is 0 Å². The average molecular weight is 276 g/mol. The number of carbonyl (C=O) groups is 2. The number of benzene rings is 1. The van der Waals surface area contributed by atoms with Crippen LogP contribution in [0.1, 0.15) is 39.2 Å². The Kier molecular flexibility index (Phi) is 6.77. The van der Waals surface area contributed by atoms with Gasteiger partial charge in [0.1, 0.15) is 0 Å². The normalized spacial score (nSPS) is 10.2. The van der Waals surface area contributed by atoms with E-state index in [1.807, 2.05) is 31.2 Å². The molecular formula is C16H24N2O2. The molecule has 4 heteroatoms. The number of amides is 2. The van der Waals surface area contributed by atoms with E-state index < -0.39 is 0 Å². The highest BCUT2D eigenvalue weighted by Crippen LogP contribution is 2.15. The summed E-state index contributed by atoms with van der Waals surface area (Å²) in [7, 11) is 0. The van der Waals surface area contributed by atoms with Gasteiger partial charge in [-0.25, -0.2) is 0 Å². The van der Waals surface area contributed by atoms with E-state index in [2.05, 4.69) is 12.2 Å². The van der Waals surface area contributed by atoms with E-state index >= 15 is 0 Å². The van der Waals surface area contributed by atoms with Crippen LogP contribution in [0.5, 0.6) is 0 Å². The molecule has 0 fully saturated rings. The molecule has 20 heavy (non-hydrogen) atoms. The standard InChI is InChI=1S/C16H24N2O2/c1-4-11-18(13(3)19)12-10-16(20)17-15-9-7-6-8-14(15)5-2/h6-9H,4-5,10-12H2,1-3H3,(H,17,20). The van der Waals surface area contributed by atoms with Crippen LogP contribution in [0.2, 0.25) is 0 Å². The van der Waals surface area contributed by atoms with E-state index in [4.69, 9.17) is 0 Å². The number of rotatable bonds is 7. The van der Waals surface area contributed by atoms with Crippen LogP contribution in [0.25, 0.3) is 0 Å². The highest BCUT2D eigenvalue weighted by molar-refractivity contribution is 5.91. The van der Waals surface area contributed by atoms with Gasteiger partial charge in [0.25, 0.3) is 0 Å². The zero-order chi connectivity index (χ0) is 15.0. The van der Waals surface area contributed by atoms with Crippen molar-refractivity contribution in [3.63, 3.8) is 0 Å². The van der Waals surface area contributed by atoms with Gasteiger partial charge in [-0.15, -0.1) is 0 Å². The maximum Gasteiger partial charge on any atom is 0.226 e. The number of aryl methyl sites for hydroxylation is 1. The largest absolute Gasteiger partial charge is 0.342 e. The molecule has 1 aromatic rings. The molecule has 0 radical (unpaired) electrons. The van der Waals surface area contributed by atoms with Crippen LogP contribution in [0.15, 0.2) is 24.3 Å². The predicted octanol–water partition coefficient (Wildman–Crippen LogP) is 2.84. The first-order chi connectivity index (χ1) is 9.58. The fourth-order valence-corrected chi connectivity index (χ4v) is 2.10. The van der Waals surface area contributed by atoms with Gasteiger partial charge in [0, 0.05) is 32.1 Å². The van der Waals surface area contributed by atoms with E-state index in [0.717, 1.165) is 24.1 Å². The third-order valence-corrected chi connectivity index (χ3v) is 3.22. The van der Waals surface area contributed by atoms with Gasteiger partial charge >= 0.3 is 0 Å². The second kappa shape index (κ2) is 8.35. The molecule has 1 aromatic carbocycles. The summed E-state index contributed by atoms with van der Waals surface area (Å²) in [6.07, 6.45) is 2.11. The summed E-state index contributed by atoms with van der Waals surface area (Å²) in [6, 6.07) is 7.79. The first-order valence-electron chi connectivity index (χ1n) is 7.21. The SMILES string of the molecule is CCCN(CCC(=O)Nc1ccccc1CC)C(C)=O. The van der Waals surface area contributed by atoms with Crippen molar-refractivity contribution in [2.24, 2.45) is 0 Å². The minimum atomic E-state index is -0.0479. The number of carbonyl (C=O) groups excluding carboxylic acids is 2.